The molecule has 0 aliphatic heterocycles. The molecule has 0 saturated heterocycles. The van der Waals surface area contributed by atoms with E-state index in [2.05, 4.69) is 5.32 Å². The molecule has 0 aliphatic carbocycles. The molecule has 0 saturated carbocycles. The predicted molar refractivity (Wildman–Crippen MR) is 71.5 cm³/mol. The van der Waals surface area contributed by atoms with Crippen LogP contribution in [0.25, 0.3) is 0 Å². The van der Waals surface area contributed by atoms with Gasteiger partial charge in [-0.25, -0.2) is 8.78 Å². The van der Waals surface area contributed by atoms with E-state index in [0.29, 0.717) is 6.54 Å². The van der Waals surface area contributed by atoms with Crippen LogP contribution in [0.5, 0.6) is 0 Å². The first-order valence-electron chi connectivity index (χ1n) is 6.38. The van der Waals surface area contributed by atoms with Gasteiger partial charge < -0.3 is 5.32 Å². The van der Waals surface area contributed by atoms with Gasteiger partial charge in [-0.3, -0.25) is 14.5 Å². The first kappa shape index (κ1) is 16.2. The number of benzene rings is 1. The van der Waals surface area contributed by atoms with Crippen LogP contribution in [0.2, 0.25) is 0 Å². The minimum atomic E-state index is -0.890. The second kappa shape index (κ2) is 7.69. The summed E-state index contributed by atoms with van der Waals surface area (Å²) in [5.41, 5.74) is -0.562. The van der Waals surface area contributed by atoms with Crippen molar-refractivity contribution >= 4 is 11.7 Å². The fourth-order valence-electron chi connectivity index (χ4n) is 1.71. The molecule has 6 heteroatoms. The Morgan fingerprint density at radius 1 is 1.20 bits per heavy atom. The fourth-order valence-corrected chi connectivity index (χ4v) is 1.71. The predicted octanol–water partition coefficient (Wildman–Crippen LogP) is 1.61. The van der Waals surface area contributed by atoms with E-state index >= 15 is 0 Å². The number of hydrogen-bond acceptors (Lipinski definition) is 3. The number of amides is 1. The molecule has 1 aromatic carbocycles. The number of carbonyl (C=O) groups is 2. The molecule has 0 spiro atoms. The summed E-state index contributed by atoms with van der Waals surface area (Å²) in [5, 5.41) is 2.66. The molecule has 0 fully saturated rings. The van der Waals surface area contributed by atoms with Crippen molar-refractivity contribution in [2.45, 2.75) is 13.3 Å². The van der Waals surface area contributed by atoms with Crippen LogP contribution >= 0.6 is 0 Å². The summed E-state index contributed by atoms with van der Waals surface area (Å²) in [6, 6.07) is 3.26. The lowest BCUT2D eigenvalue weighted by molar-refractivity contribution is -0.121. The maximum absolute atomic E-state index is 13.4. The highest BCUT2D eigenvalue weighted by molar-refractivity contribution is 5.98. The van der Waals surface area contributed by atoms with Crippen LogP contribution in [-0.2, 0) is 4.79 Å². The Labute approximate surface area is 116 Å². The maximum atomic E-state index is 13.4. The fraction of sp³-hybridized carbons (Fsp3) is 0.429. The molecule has 1 rings (SSSR count). The van der Waals surface area contributed by atoms with Crippen molar-refractivity contribution < 1.29 is 18.4 Å². The van der Waals surface area contributed by atoms with Gasteiger partial charge in [0.1, 0.15) is 11.6 Å². The molecule has 0 heterocycles. The van der Waals surface area contributed by atoms with Gasteiger partial charge in [0.2, 0.25) is 5.91 Å². The SMILES string of the molecule is CCCNC(=O)CN(C)CC(=O)c1c(F)cccc1F. The third-order valence-electron chi connectivity index (χ3n) is 2.64. The van der Waals surface area contributed by atoms with Crippen LogP contribution in [0.4, 0.5) is 8.78 Å². The van der Waals surface area contributed by atoms with E-state index in [4.69, 9.17) is 0 Å². The van der Waals surface area contributed by atoms with E-state index in [1.165, 1.54) is 11.0 Å². The van der Waals surface area contributed by atoms with Gasteiger partial charge in [-0.1, -0.05) is 13.0 Å². The van der Waals surface area contributed by atoms with Crippen molar-refractivity contribution in [3.63, 3.8) is 0 Å². The van der Waals surface area contributed by atoms with Crippen molar-refractivity contribution in [1.82, 2.24) is 10.2 Å². The number of rotatable bonds is 7. The molecule has 0 atom stereocenters. The quantitative estimate of drug-likeness (QED) is 0.774. The van der Waals surface area contributed by atoms with E-state index in [1.807, 2.05) is 6.92 Å². The highest BCUT2D eigenvalue weighted by Crippen LogP contribution is 2.13. The number of likely N-dealkylation sites (N-methyl/N-ethyl adjacent to an activating group) is 1. The van der Waals surface area contributed by atoms with E-state index < -0.39 is 23.0 Å². The molecule has 0 aromatic heterocycles. The summed E-state index contributed by atoms with van der Waals surface area (Å²) in [5.74, 6) is -2.69. The second-order valence-electron chi connectivity index (χ2n) is 4.54. The minimum Gasteiger partial charge on any atom is -0.355 e. The molecule has 0 bridgehead atoms. The molecule has 20 heavy (non-hydrogen) atoms. The molecule has 1 aromatic rings. The topological polar surface area (TPSA) is 49.4 Å². The summed E-state index contributed by atoms with van der Waals surface area (Å²) in [4.78, 5) is 24.7. The van der Waals surface area contributed by atoms with Gasteiger partial charge in [-0.05, 0) is 25.6 Å². The number of Topliss-reactive ketones (excluding diaryl/α,β-unsaturated/α-hetero) is 1. The van der Waals surface area contributed by atoms with Gasteiger partial charge in [0.25, 0.3) is 0 Å². The Balaban J connectivity index is 2.60. The van der Waals surface area contributed by atoms with Crippen LogP contribution in [-0.4, -0.2) is 43.3 Å². The van der Waals surface area contributed by atoms with E-state index in [1.54, 1.807) is 7.05 Å². The van der Waals surface area contributed by atoms with Gasteiger partial charge in [0.15, 0.2) is 5.78 Å². The average molecular weight is 284 g/mol. The van der Waals surface area contributed by atoms with Crippen molar-refractivity contribution in [2.24, 2.45) is 0 Å². The third-order valence-corrected chi connectivity index (χ3v) is 2.64. The lowest BCUT2D eigenvalue weighted by Gasteiger charge is -2.15. The molecule has 0 unspecified atom stereocenters. The zero-order valence-corrected chi connectivity index (χ0v) is 11.6. The Morgan fingerprint density at radius 3 is 2.35 bits per heavy atom. The third kappa shape index (κ3) is 4.70. The van der Waals surface area contributed by atoms with Crippen molar-refractivity contribution in [3.8, 4) is 0 Å². The summed E-state index contributed by atoms with van der Waals surface area (Å²) in [6.45, 7) is 2.26. The minimum absolute atomic E-state index is 0.00180. The Kier molecular flexibility index (Phi) is 6.24. The van der Waals surface area contributed by atoms with Crippen molar-refractivity contribution in [2.75, 3.05) is 26.7 Å². The summed E-state index contributed by atoms with van der Waals surface area (Å²) >= 11 is 0. The molecule has 4 nitrogen and oxygen atoms in total. The Bertz CT molecular complexity index is 472. The van der Waals surface area contributed by atoms with Gasteiger partial charge in [-0.15, -0.1) is 0 Å². The zero-order chi connectivity index (χ0) is 15.1. The monoisotopic (exact) mass is 284 g/mol. The molecule has 0 radical (unpaired) electrons. The summed E-state index contributed by atoms with van der Waals surface area (Å²) < 4.78 is 26.8. The van der Waals surface area contributed by atoms with E-state index in [9.17, 15) is 18.4 Å². The standard InChI is InChI=1S/C14H18F2N2O2/c1-3-7-17-13(20)9-18(2)8-12(19)14-10(15)5-4-6-11(14)16/h4-6H,3,7-9H2,1-2H3,(H,17,20). The Morgan fingerprint density at radius 2 is 1.80 bits per heavy atom. The van der Waals surface area contributed by atoms with Crippen LogP contribution in [0.1, 0.15) is 23.7 Å². The van der Waals surface area contributed by atoms with Crippen molar-refractivity contribution in [3.05, 3.63) is 35.4 Å². The number of nitrogens with zero attached hydrogens (tertiary/aromatic N) is 1. The van der Waals surface area contributed by atoms with Crippen LogP contribution in [0, 0.1) is 11.6 Å². The van der Waals surface area contributed by atoms with E-state index in [-0.39, 0.29) is 19.0 Å². The normalized spacial score (nSPS) is 10.7. The lowest BCUT2D eigenvalue weighted by Crippen LogP contribution is -2.38. The van der Waals surface area contributed by atoms with Crippen LogP contribution in [0.3, 0.4) is 0 Å². The van der Waals surface area contributed by atoms with Crippen molar-refractivity contribution in [1.29, 1.82) is 0 Å². The average Bonchev–Trinajstić information content (AvgIpc) is 2.35. The highest BCUT2D eigenvalue weighted by atomic mass is 19.1. The molecule has 1 N–H and O–H groups in total. The van der Waals surface area contributed by atoms with Gasteiger partial charge in [-0.2, -0.15) is 0 Å². The largest absolute Gasteiger partial charge is 0.355 e. The van der Waals surface area contributed by atoms with Crippen LogP contribution in [0.15, 0.2) is 18.2 Å². The first-order chi connectivity index (χ1) is 9.45. The van der Waals surface area contributed by atoms with Crippen LogP contribution < -0.4 is 5.32 Å². The lowest BCUT2D eigenvalue weighted by atomic mass is 10.1. The molecular formula is C14H18F2N2O2. The number of nitrogens with one attached hydrogen (secondary N) is 1. The molecular weight excluding hydrogens is 266 g/mol. The number of hydrogen-bond donors (Lipinski definition) is 1. The molecule has 1 amide bonds. The zero-order valence-electron chi connectivity index (χ0n) is 11.6. The number of ketones is 1. The Hall–Kier alpha value is -1.82. The highest BCUT2D eigenvalue weighted by Gasteiger charge is 2.19. The summed E-state index contributed by atoms with van der Waals surface area (Å²) in [7, 11) is 1.54. The van der Waals surface area contributed by atoms with Gasteiger partial charge in [0, 0.05) is 6.54 Å². The van der Waals surface area contributed by atoms with Gasteiger partial charge in [0.05, 0.1) is 18.7 Å². The molecule has 110 valence electrons. The maximum Gasteiger partial charge on any atom is 0.234 e. The second-order valence-corrected chi connectivity index (χ2v) is 4.54. The molecule has 0 aliphatic rings. The summed E-state index contributed by atoms with van der Waals surface area (Å²) in [6.07, 6.45) is 0.814. The van der Waals surface area contributed by atoms with E-state index in [0.717, 1.165) is 18.6 Å². The number of carbonyl (C=O) groups excluding carboxylic acids is 2. The first-order valence-corrected chi connectivity index (χ1v) is 6.38. The number of halogens is 2. The smallest absolute Gasteiger partial charge is 0.234 e. The van der Waals surface area contributed by atoms with Gasteiger partial charge >= 0.3 is 0 Å².